The molecule has 0 spiro atoms. The molecular formula is C26H26ClN5O2S. The van der Waals surface area contributed by atoms with Gasteiger partial charge in [-0.3, -0.25) is 10.1 Å². The predicted octanol–water partition coefficient (Wildman–Crippen LogP) is 5.62. The van der Waals surface area contributed by atoms with Gasteiger partial charge < -0.3 is 10.1 Å². The van der Waals surface area contributed by atoms with Gasteiger partial charge in [0.1, 0.15) is 16.8 Å². The molecule has 0 atom stereocenters. The van der Waals surface area contributed by atoms with Crippen molar-refractivity contribution in [2.75, 3.05) is 11.9 Å². The molecule has 0 unspecified atom stereocenters. The lowest BCUT2D eigenvalue weighted by Gasteiger charge is -2.12. The third kappa shape index (κ3) is 6.55. The lowest BCUT2D eigenvalue weighted by atomic mass is 10.1. The first-order valence-electron chi connectivity index (χ1n) is 11.4. The Kier molecular flexibility index (Phi) is 7.94. The number of unbranched alkanes of at least 4 members (excludes halogenated alkanes) is 1. The summed E-state index contributed by atoms with van der Waals surface area (Å²) in [7, 11) is 0. The zero-order valence-electron chi connectivity index (χ0n) is 19.5. The Morgan fingerprint density at radius 2 is 1.74 bits per heavy atom. The molecule has 0 saturated carbocycles. The molecule has 0 fully saturated rings. The summed E-state index contributed by atoms with van der Waals surface area (Å²) >= 11 is 11.2. The number of thiocarbonyl (C=S) groups is 1. The first kappa shape index (κ1) is 24.6. The Morgan fingerprint density at radius 1 is 1.06 bits per heavy atom. The van der Waals surface area contributed by atoms with Crippen LogP contribution >= 0.6 is 23.8 Å². The van der Waals surface area contributed by atoms with E-state index in [2.05, 4.69) is 39.9 Å². The molecule has 1 aromatic heterocycles. The maximum absolute atomic E-state index is 12.2. The molecule has 7 nitrogen and oxygen atoms in total. The smallest absolute Gasteiger partial charge is 0.264 e. The van der Waals surface area contributed by atoms with Crippen molar-refractivity contribution in [3.8, 4) is 11.4 Å². The van der Waals surface area contributed by atoms with Crippen molar-refractivity contribution in [2.45, 2.75) is 33.1 Å². The zero-order valence-corrected chi connectivity index (χ0v) is 21.1. The van der Waals surface area contributed by atoms with E-state index in [1.54, 1.807) is 29.1 Å². The summed E-state index contributed by atoms with van der Waals surface area (Å²) in [6.45, 7) is 3.96. The van der Waals surface area contributed by atoms with Crippen LogP contribution in [-0.4, -0.2) is 32.6 Å². The summed E-state index contributed by atoms with van der Waals surface area (Å²) < 4.78 is 5.45. The molecular weight excluding hydrogens is 482 g/mol. The second-order valence-corrected chi connectivity index (χ2v) is 9.00. The van der Waals surface area contributed by atoms with E-state index in [0.717, 1.165) is 28.9 Å². The van der Waals surface area contributed by atoms with E-state index >= 15 is 0 Å². The lowest BCUT2D eigenvalue weighted by molar-refractivity contribution is -0.121. The summed E-state index contributed by atoms with van der Waals surface area (Å²) in [5, 5.41) is 15.7. The van der Waals surface area contributed by atoms with Crippen molar-refractivity contribution < 1.29 is 9.53 Å². The molecule has 9 heteroatoms. The van der Waals surface area contributed by atoms with Crippen LogP contribution in [-0.2, 0) is 11.2 Å². The first-order chi connectivity index (χ1) is 16.9. The number of ether oxygens (including phenoxy) is 1. The number of aryl methyl sites for hydroxylation is 2. The topological polar surface area (TPSA) is 81.1 Å². The van der Waals surface area contributed by atoms with Gasteiger partial charge in [-0.25, -0.2) is 0 Å². The third-order valence-electron chi connectivity index (χ3n) is 5.40. The average molecular weight is 508 g/mol. The molecule has 0 aliphatic carbocycles. The standard InChI is InChI=1S/C26H26ClN5O2S/c1-3-4-5-18-6-10-20(11-7-18)32-30-23-14-17(2)22(15-24(23)31-32)28-26(35)29-25(33)16-34-21-12-8-19(27)9-13-21/h6-15H,3-5,16H2,1-2H3,(H2,28,29,33,35). The SMILES string of the molecule is CCCCc1ccc(-n2nc3cc(C)c(NC(=S)NC(=O)COc4ccc(Cl)cc4)cc3n2)cc1. The number of halogens is 1. The van der Waals surface area contributed by atoms with Gasteiger partial charge in [-0.05, 0) is 91.6 Å². The van der Waals surface area contributed by atoms with Crippen LogP contribution in [0.2, 0.25) is 5.02 Å². The second-order valence-electron chi connectivity index (χ2n) is 8.16. The summed E-state index contributed by atoms with van der Waals surface area (Å²) in [6, 6.07) is 18.9. The number of benzene rings is 3. The minimum Gasteiger partial charge on any atom is -0.484 e. The molecule has 4 rings (SSSR count). The van der Waals surface area contributed by atoms with Crippen LogP contribution in [0.1, 0.15) is 30.9 Å². The molecule has 2 N–H and O–H groups in total. The predicted molar refractivity (Wildman–Crippen MR) is 144 cm³/mol. The van der Waals surface area contributed by atoms with Crippen molar-refractivity contribution >= 4 is 51.6 Å². The average Bonchev–Trinajstić information content (AvgIpc) is 3.25. The Hall–Kier alpha value is -3.49. The highest BCUT2D eigenvalue weighted by Gasteiger charge is 2.11. The number of rotatable bonds is 8. The summed E-state index contributed by atoms with van der Waals surface area (Å²) in [6.07, 6.45) is 3.42. The van der Waals surface area contributed by atoms with E-state index < -0.39 is 0 Å². The van der Waals surface area contributed by atoms with Gasteiger partial charge in [0, 0.05) is 10.7 Å². The Balaban J connectivity index is 1.39. The fourth-order valence-corrected chi connectivity index (χ4v) is 3.84. The van der Waals surface area contributed by atoms with E-state index in [1.165, 1.54) is 18.4 Å². The normalized spacial score (nSPS) is 10.8. The van der Waals surface area contributed by atoms with E-state index in [-0.39, 0.29) is 17.6 Å². The van der Waals surface area contributed by atoms with Crippen molar-refractivity contribution in [1.82, 2.24) is 20.3 Å². The van der Waals surface area contributed by atoms with Crippen molar-refractivity contribution in [2.24, 2.45) is 0 Å². The Morgan fingerprint density at radius 3 is 2.43 bits per heavy atom. The van der Waals surface area contributed by atoms with Gasteiger partial charge in [-0.1, -0.05) is 37.1 Å². The molecule has 3 aromatic carbocycles. The largest absolute Gasteiger partial charge is 0.484 e. The number of fused-ring (bicyclic) bond motifs is 1. The van der Waals surface area contributed by atoms with E-state index in [1.807, 2.05) is 31.2 Å². The van der Waals surface area contributed by atoms with Gasteiger partial charge in [0.15, 0.2) is 11.7 Å². The monoisotopic (exact) mass is 507 g/mol. The van der Waals surface area contributed by atoms with E-state index in [9.17, 15) is 4.79 Å². The fourth-order valence-electron chi connectivity index (χ4n) is 3.49. The molecule has 180 valence electrons. The maximum Gasteiger partial charge on any atom is 0.264 e. The molecule has 0 aliphatic heterocycles. The number of nitrogens with one attached hydrogen (secondary N) is 2. The summed E-state index contributed by atoms with van der Waals surface area (Å²) in [4.78, 5) is 13.8. The van der Waals surface area contributed by atoms with Crippen molar-refractivity contribution in [1.29, 1.82) is 0 Å². The molecule has 0 saturated heterocycles. The summed E-state index contributed by atoms with van der Waals surface area (Å²) in [5.74, 6) is 0.174. The number of hydrogen-bond donors (Lipinski definition) is 2. The Labute approximate surface area is 214 Å². The van der Waals surface area contributed by atoms with Crippen LogP contribution in [0, 0.1) is 6.92 Å². The zero-order chi connectivity index (χ0) is 24.8. The van der Waals surface area contributed by atoms with Gasteiger partial charge in [-0.15, -0.1) is 10.2 Å². The van der Waals surface area contributed by atoms with E-state index in [4.69, 9.17) is 28.6 Å². The number of carbonyl (C=O) groups is 1. The molecule has 35 heavy (non-hydrogen) atoms. The van der Waals surface area contributed by atoms with Crippen LogP contribution < -0.4 is 15.4 Å². The number of aromatic nitrogens is 3. The van der Waals surface area contributed by atoms with Crippen LogP contribution in [0.4, 0.5) is 5.69 Å². The summed E-state index contributed by atoms with van der Waals surface area (Å²) in [5.41, 5.74) is 5.36. The number of carbonyl (C=O) groups excluding carboxylic acids is 1. The fraction of sp³-hybridized carbons (Fsp3) is 0.231. The highest BCUT2D eigenvalue weighted by molar-refractivity contribution is 7.80. The first-order valence-corrected chi connectivity index (χ1v) is 12.2. The molecule has 0 bridgehead atoms. The number of anilines is 1. The van der Waals surface area contributed by atoms with Crippen LogP contribution in [0.5, 0.6) is 5.75 Å². The van der Waals surface area contributed by atoms with Crippen molar-refractivity contribution in [3.05, 3.63) is 76.8 Å². The molecule has 0 radical (unpaired) electrons. The minimum atomic E-state index is -0.371. The van der Waals surface area contributed by atoms with Crippen molar-refractivity contribution in [3.63, 3.8) is 0 Å². The van der Waals surface area contributed by atoms with Gasteiger partial charge in [0.2, 0.25) is 0 Å². The quantitative estimate of drug-likeness (QED) is 0.301. The third-order valence-corrected chi connectivity index (χ3v) is 5.85. The molecule has 0 aliphatic rings. The highest BCUT2D eigenvalue weighted by atomic mass is 35.5. The minimum absolute atomic E-state index is 0.173. The highest BCUT2D eigenvalue weighted by Crippen LogP contribution is 2.22. The lowest BCUT2D eigenvalue weighted by Crippen LogP contribution is -2.37. The molecule has 4 aromatic rings. The number of nitrogens with zero attached hydrogens (tertiary/aromatic N) is 3. The van der Waals surface area contributed by atoms with Gasteiger partial charge in [-0.2, -0.15) is 4.80 Å². The van der Waals surface area contributed by atoms with Crippen LogP contribution in [0.25, 0.3) is 16.7 Å². The van der Waals surface area contributed by atoms with Crippen LogP contribution in [0.3, 0.4) is 0 Å². The van der Waals surface area contributed by atoms with Gasteiger partial charge >= 0.3 is 0 Å². The Bertz CT molecular complexity index is 1340. The van der Waals surface area contributed by atoms with E-state index in [0.29, 0.717) is 16.3 Å². The van der Waals surface area contributed by atoms with Gasteiger partial charge in [0.05, 0.1) is 5.69 Å². The number of hydrogen-bond acceptors (Lipinski definition) is 5. The van der Waals surface area contributed by atoms with Crippen LogP contribution in [0.15, 0.2) is 60.7 Å². The molecule has 1 amide bonds. The van der Waals surface area contributed by atoms with Gasteiger partial charge in [0.25, 0.3) is 5.91 Å². The second kappa shape index (κ2) is 11.3. The number of amides is 1. The maximum atomic E-state index is 12.2. The molecule has 1 heterocycles.